The predicted molar refractivity (Wildman–Crippen MR) is 60.9 cm³/mol. The number of hydrogen-bond acceptors (Lipinski definition) is 3. The van der Waals surface area contributed by atoms with E-state index in [1.54, 1.807) is 12.4 Å². The summed E-state index contributed by atoms with van der Waals surface area (Å²) < 4.78 is 0. The SMILES string of the molecule is CCc1ccc(CC(O)c2ncc[nH]2)nc1. The van der Waals surface area contributed by atoms with Crippen molar-refractivity contribution in [2.45, 2.75) is 25.9 Å². The molecule has 4 heteroatoms. The molecule has 2 heterocycles. The van der Waals surface area contributed by atoms with E-state index < -0.39 is 6.10 Å². The number of nitrogens with one attached hydrogen (secondary N) is 1. The third-order valence-corrected chi connectivity index (χ3v) is 2.53. The van der Waals surface area contributed by atoms with Gasteiger partial charge in [-0.1, -0.05) is 13.0 Å². The first-order chi connectivity index (χ1) is 7.79. The van der Waals surface area contributed by atoms with Crippen LogP contribution in [-0.4, -0.2) is 20.1 Å². The summed E-state index contributed by atoms with van der Waals surface area (Å²) in [4.78, 5) is 11.2. The second-order valence-corrected chi connectivity index (χ2v) is 3.71. The van der Waals surface area contributed by atoms with E-state index in [2.05, 4.69) is 21.9 Å². The summed E-state index contributed by atoms with van der Waals surface area (Å²) >= 11 is 0. The fraction of sp³-hybridized carbons (Fsp3) is 0.333. The van der Waals surface area contributed by atoms with Crippen LogP contribution in [-0.2, 0) is 12.8 Å². The molecule has 0 amide bonds. The molecular weight excluding hydrogens is 202 g/mol. The Labute approximate surface area is 94.4 Å². The average Bonchev–Trinajstić information content (AvgIpc) is 2.83. The van der Waals surface area contributed by atoms with Gasteiger partial charge in [-0.2, -0.15) is 0 Å². The second-order valence-electron chi connectivity index (χ2n) is 3.71. The van der Waals surface area contributed by atoms with E-state index in [0.29, 0.717) is 12.2 Å². The number of nitrogens with zero attached hydrogens (tertiary/aromatic N) is 2. The van der Waals surface area contributed by atoms with Crippen molar-refractivity contribution in [1.82, 2.24) is 15.0 Å². The van der Waals surface area contributed by atoms with Gasteiger partial charge in [0.2, 0.25) is 0 Å². The van der Waals surface area contributed by atoms with Gasteiger partial charge >= 0.3 is 0 Å². The van der Waals surface area contributed by atoms with Gasteiger partial charge in [0.25, 0.3) is 0 Å². The molecule has 0 aliphatic heterocycles. The standard InChI is InChI=1S/C12H15N3O/c1-2-9-3-4-10(15-8-9)7-11(16)12-13-5-6-14-12/h3-6,8,11,16H,2,7H2,1H3,(H,13,14). The molecule has 16 heavy (non-hydrogen) atoms. The monoisotopic (exact) mass is 217 g/mol. The van der Waals surface area contributed by atoms with Crippen molar-refractivity contribution in [3.63, 3.8) is 0 Å². The maximum Gasteiger partial charge on any atom is 0.135 e. The molecule has 0 radical (unpaired) electrons. The van der Waals surface area contributed by atoms with E-state index in [9.17, 15) is 5.11 Å². The van der Waals surface area contributed by atoms with Gasteiger partial charge in [-0.05, 0) is 18.1 Å². The van der Waals surface area contributed by atoms with Gasteiger partial charge in [0.1, 0.15) is 11.9 Å². The Kier molecular flexibility index (Phi) is 3.31. The Balaban J connectivity index is 2.03. The molecule has 0 saturated carbocycles. The van der Waals surface area contributed by atoms with E-state index in [4.69, 9.17) is 0 Å². The number of H-pyrrole nitrogens is 1. The van der Waals surface area contributed by atoms with E-state index in [1.807, 2.05) is 18.3 Å². The van der Waals surface area contributed by atoms with Gasteiger partial charge in [0.15, 0.2) is 0 Å². The molecule has 1 unspecified atom stereocenters. The number of aromatic amines is 1. The largest absolute Gasteiger partial charge is 0.385 e. The molecule has 1 atom stereocenters. The summed E-state index contributed by atoms with van der Waals surface area (Å²) in [6.07, 6.45) is 6.03. The normalized spacial score (nSPS) is 12.6. The number of rotatable bonds is 4. The first kappa shape index (κ1) is 10.8. The van der Waals surface area contributed by atoms with E-state index in [-0.39, 0.29) is 0 Å². The Hall–Kier alpha value is -1.68. The van der Waals surface area contributed by atoms with Crippen LogP contribution in [0.5, 0.6) is 0 Å². The van der Waals surface area contributed by atoms with E-state index in [1.165, 1.54) is 5.56 Å². The Bertz CT molecular complexity index is 422. The van der Waals surface area contributed by atoms with Gasteiger partial charge in [-0.3, -0.25) is 4.98 Å². The first-order valence-electron chi connectivity index (χ1n) is 5.40. The van der Waals surface area contributed by atoms with Crippen molar-refractivity contribution in [2.75, 3.05) is 0 Å². The van der Waals surface area contributed by atoms with Crippen LogP contribution in [0, 0.1) is 0 Å². The smallest absolute Gasteiger partial charge is 0.135 e. The maximum absolute atomic E-state index is 9.86. The highest BCUT2D eigenvalue weighted by Crippen LogP contribution is 2.13. The first-order valence-corrected chi connectivity index (χ1v) is 5.40. The van der Waals surface area contributed by atoms with Gasteiger partial charge in [-0.25, -0.2) is 4.98 Å². The topological polar surface area (TPSA) is 61.8 Å². The quantitative estimate of drug-likeness (QED) is 0.818. The summed E-state index contributed by atoms with van der Waals surface area (Å²) in [6, 6.07) is 3.99. The highest BCUT2D eigenvalue weighted by atomic mass is 16.3. The van der Waals surface area contributed by atoms with Gasteiger partial charge in [0.05, 0.1) is 0 Å². The van der Waals surface area contributed by atoms with Crippen molar-refractivity contribution in [2.24, 2.45) is 0 Å². The van der Waals surface area contributed by atoms with E-state index in [0.717, 1.165) is 12.1 Å². The molecule has 2 aromatic heterocycles. The summed E-state index contributed by atoms with van der Waals surface area (Å²) in [5, 5.41) is 9.86. The van der Waals surface area contributed by atoms with Crippen LogP contribution in [0.1, 0.15) is 30.1 Å². The van der Waals surface area contributed by atoms with Crippen LogP contribution in [0.25, 0.3) is 0 Å². The molecule has 2 aromatic rings. The zero-order chi connectivity index (χ0) is 11.4. The number of aliphatic hydroxyl groups is 1. The summed E-state index contributed by atoms with van der Waals surface area (Å²) in [5.41, 5.74) is 2.08. The molecular formula is C12H15N3O. The maximum atomic E-state index is 9.86. The van der Waals surface area contributed by atoms with Crippen LogP contribution in [0.2, 0.25) is 0 Å². The van der Waals surface area contributed by atoms with E-state index >= 15 is 0 Å². The lowest BCUT2D eigenvalue weighted by Gasteiger charge is -2.07. The number of aromatic nitrogens is 3. The molecule has 2 N–H and O–H groups in total. The lowest BCUT2D eigenvalue weighted by atomic mass is 10.1. The number of hydrogen-bond donors (Lipinski definition) is 2. The summed E-state index contributed by atoms with van der Waals surface area (Å²) in [6.45, 7) is 2.09. The molecule has 0 spiro atoms. The van der Waals surface area contributed by atoms with Crippen molar-refractivity contribution >= 4 is 0 Å². The minimum absolute atomic E-state index is 0.484. The molecule has 0 aliphatic rings. The molecule has 84 valence electrons. The predicted octanol–water partition coefficient (Wildman–Crippen LogP) is 1.64. The number of pyridine rings is 1. The fourth-order valence-corrected chi connectivity index (χ4v) is 1.54. The molecule has 0 aromatic carbocycles. The number of imidazole rings is 1. The minimum Gasteiger partial charge on any atom is -0.385 e. The number of aryl methyl sites for hydroxylation is 1. The third-order valence-electron chi connectivity index (χ3n) is 2.53. The van der Waals surface area contributed by atoms with Gasteiger partial charge in [0, 0.05) is 30.7 Å². The van der Waals surface area contributed by atoms with Crippen LogP contribution in [0.4, 0.5) is 0 Å². The molecule has 0 aliphatic carbocycles. The zero-order valence-corrected chi connectivity index (χ0v) is 9.22. The van der Waals surface area contributed by atoms with Crippen LogP contribution in [0.3, 0.4) is 0 Å². The van der Waals surface area contributed by atoms with Crippen LogP contribution < -0.4 is 0 Å². The molecule has 4 nitrogen and oxygen atoms in total. The zero-order valence-electron chi connectivity index (χ0n) is 9.22. The Morgan fingerprint density at radius 3 is 2.81 bits per heavy atom. The van der Waals surface area contributed by atoms with Crippen molar-refractivity contribution in [1.29, 1.82) is 0 Å². The Morgan fingerprint density at radius 2 is 2.25 bits per heavy atom. The van der Waals surface area contributed by atoms with Crippen molar-refractivity contribution < 1.29 is 5.11 Å². The molecule has 0 bridgehead atoms. The van der Waals surface area contributed by atoms with Crippen LogP contribution >= 0.6 is 0 Å². The minimum atomic E-state index is -0.616. The average molecular weight is 217 g/mol. The van der Waals surface area contributed by atoms with Crippen molar-refractivity contribution in [3.8, 4) is 0 Å². The fourth-order valence-electron chi connectivity index (χ4n) is 1.54. The lowest BCUT2D eigenvalue weighted by Crippen LogP contribution is -2.05. The van der Waals surface area contributed by atoms with Crippen molar-refractivity contribution in [3.05, 3.63) is 47.8 Å². The van der Waals surface area contributed by atoms with Gasteiger partial charge < -0.3 is 10.1 Å². The third kappa shape index (κ3) is 2.46. The summed E-state index contributed by atoms with van der Waals surface area (Å²) in [7, 11) is 0. The Morgan fingerprint density at radius 1 is 1.38 bits per heavy atom. The lowest BCUT2D eigenvalue weighted by molar-refractivity contribution is 0.168. The second kappa shape index (κ2) is 4.90. The van der Waals surface area contributed by atoms with Gasteiger partial charge in [-0.15, -0.1) is 0 Å². The molecule has 0 fully saturated rings. The van der Waals surface area contributed by atoms with Crippen LogP contribution in [0.15, 0.2) is 30.7 Å². The highest BCUT2D eigenvalue weighted by Gasteiger charge is 2.11. The summed E-state index contributed by atoms with van der Waals surface area (Å²) in [5.74, 6) is 0.585. The molecule has 2 rings (SSSR count). The molecule has 0 saturated heterocycles. The highest BCUT2D eigenvalue weighted by molar-refractivity contribution is 5.15. The number of aliphatic hydroxyl groups excluding tert-OH is 1.